The molecule has 2 aliphatic heterocycles. The van der Waals surface area contributed by atoms with Gasteiger partial charge in [0.1, 0.15) is 11.6 Å². The number of hydrogen-bond donors (Lipinski definition) is 1. The van der Waals surface area contributed by atoms with Crippen molar-refractivity contribution >= 4 is 23.6 Å². The van der Waals surface area contributed by atoms with Gasteiger partial charge in [0.05, 0.1) is 0 Å². The van der Waals surface area contributed by atoms with Crippen LogP contribution in [-0.4, -0.2) is 45.3 Å². The zero-order chi connectivity index (χ0) is 15.1. The second-order valence-corrected chi connectivity index (χ2v) is 8.72. The van der Waals surface area contributed by atoms with Crippen molar-refractivity contribution in [2.24, 2.45) is 0 Å². The van der Waals surface area contributed by atoms with Crippen LogP contribution in [0, 0.1) is 0 Å². The summed E-state index contributed by atoms with van der Waals surface area (Å²) in [7, 11) is 0. The summed E-state index contributed by atoms with van der Waals surface area (Å²) in [6.45, 7) is 4.98. The third-order valence-corrected chi connectivity index (χ3v) is 6.88. The van der Waals surface area contributed by atoms with Crippen LogP contribution in [0.25, 0.3) is 0 Å². The molecule has 0 radical (unpaired) electrons. The molecule has 2 heterocycles. The Hall–Kier alpha value is -0.710. The maximum Gasteiger partial charge on any atom is 0.249 e. The van der Waals surface area contributed by atoms with Crippen molar-refractivity contribution in [1.82, 2.24) is 10.2 Å². The largest absolute Gasteiger partial charge is 0.340 e. The van der Waals surface area contributed by atoms with Crippen molar-refractivity contribution in [1.29, 1.82) is 0 Å². The Bertz CT molecular complexity index is 440. The van der Waals surface area contributed by atoms with Gasteiger partial charge in [0.15, 0.2) is 0 Å². The molecule has 2 atom stereocenters. The average Bonchev–Trinajstić information content (AvgIpc) is 3.07. The van der Waals surface area contributed by atoms with Crippen molar-refractivity contribution in [2.45, 2.75) is 75.1 Å². The lowest BCUT2D eigenvalue weighted by Crippen LogP contribution is -2.70. The smallest absolute Gasteiger partial charge is 0.249 e. The van der Waals surface area contributed by atoms with Gasteiger partial charge in [-0.25, -0.2) is 0 Å². The van der Waals surface area contributed by atoms with E-state index in [2.05, 4.69) is 12.2 Å². The number of carbonyl (C=O) groups excluding carboxylic acids is 2. The fraction of sp³-hybridized carbons (Fsp3) is 0.875. The lowest BCUT2D eigenvalue weighted by molar-refractivity contribution is -0.155. The first-order chi connectivity index (χ1) is 10.00. The third kappa shape index (κ3) is 2.58. The predicted octanol–water partition coefficient (Wildman–Crippen LogP) is 2.32. The summed E-state index contributed by atoms with van der Waals surface area (Å²) in [5.74, 6) is 1.41. The lowest BCUT2D eigenvalue weighted by atomic mass is 9.89. The van der Waals surface area contributed by atoms with Gasteiger partial charge in [-0.1, -0.05) is 19.8 Å². The van der Waals surface area contributed by atoms with Crippen molar-refractivity contribution in [3.63, 3.8) is 0 Å². The molecule has 2 saturated heterocycles. The van der Waals surface area contributed by atoms with Crippen molar-refractivity contribution in [3.8, 4) is 0 Å². The van der Waals surface area contributed by atoms with E-state index in [1.807, 2.05) is 23.6 Å². The summed E-state index contributed by atoms with van der Waals surface area (Å²) in [6.07, 6.45) is 6.78. The highest BCUT2D eigenvalue weighted by Gasteiger charge is 2.52. The van der Waals surface area contributed by atoms with Gasteiger partial charge in [0, 0.05) is 11.3 Å². The van der Waals surface area contributed by atoms with Crippen LogP contribution >= 0.6 is 11.8 Å². The first-order valence-electron chi connectivity index (χ1n) is 8.27. The molecule has 0 aromatic carbocycles. The Morgan fingerprint density at radius 1 is 1.24 bits per heavy atom. The predicted molar refractivity (Wildman–Crippen MR) is 85.2 cm³/mol. The molecule has 0 bridgehead atoms. The molecular formula is C16H26N2O2S. The minimum absolute atomic E-state index is 0.0607. The summed E-state index contributed by atoms with van der Waals surface area (Å²) in [4.78, 5) is 27.5. The van der Waals surface area contributed by atoms with E-state index in [9.17, 15) is 9.59 Å². The van der Waals surface area contributed by atoms with Gasteiger partial charge in [-0.3, -0.25) is 9.59 Å². The molecule has 3 fully saturated rings. The number of nitrogens with zero attached hydrogens (tertiary/aromatic N) is 1. The molecule has 1 saturated carbocycles. The van der Waals surface area contributed by atoms with Gasteiger partial charge < -0.3 is 10.2 Å². The quantitative estimate of drug-likeness (QED) is 0.870. The molecule has 1 aliphatic carbocycles. The molecule has 5 heteroatoms. The highest BCUT2D eigenvalue weighted by Crippen LogP contribution is 2.41. The second-order valence-electron chi connectivity index (χ2n) is 7.04. The fourth-order valence-corrected chi connectivity index (χ4v) is 5.46. The van der Waals surface area contributed by atoms with Crippen molar-refractivity contribution in [3.05, 3.63) is 0 Å². The molecule has 2 unspecified atom stereocenters. The van der Waals surface area contributed by atoms with Crippen LogP contribution in [-0.2, 0) is 9.59 Å². The molecule has 3 aliphatic rings. The van der Waals surface area contributed by atoms with E-state index < -0.39 is 5.54 Å². The Labute approximate surface area is 131 Å². The van der Waals surface area contributed by atoms with E-state index in [4.69, 9.17) is 0 Å². The third-order valence-electron chi connectivity index (χ3n) is 5.36. The number of carbonyl (C=O) groups is 2. The fourth-order valence-electron chi connectivity index (χ4n) is 4.16. The first kappa shape index (κ1) is 15.2. The Kier molecular flexibility index (Phi) is 3.97. The Morgan fingerprint density at radius 3 is 2.52 bits per heavy atom. The van der Waals surface area contributed by atoms with E-state index in [1.165, 1.54) is 12.2 Å². The minimum atomic E-state index is -0.581. The molecule has 0 aromatic heterocycles. The van der Waals surface area contributed by atoms with Crippen LogP contribution in [0.1, 0.15) is 58.8 Å². The zero-order valence-electron chi connectivity index (χ0n) is 13.1. The van der Waals surface area contributed by atoms with Crippen LogP contribution in [0.4, 0.5) is 0 Å². The first-order valence-corrected chi connectivity index (χ1v) is 9.25. The number of rotatable bonds is 3. The normalized spacial score (nSPS) is 35.5. The zero-order valence-corrected chi connectivity index (χ0v) is 13.9. The molecule has 4 nitrogen and oxygen atoms in total. The lowest BCUT2D eigenvalue weighted by Gasteiger charge is -2.46. The number of hydrogen-bond acceptors (Lipinski definition) is 3. The van der Waals surface area contributed by atoms with E-state index in [-0.39, 0.29) is 22.6 Å². The van der Waals surface area contributed by atoms with Crippen LogP contribution in [0.3, 0.4) is 0 Å². The topological polar surface area (TPSA) is 49.4 Å². The standard InChI is InChI=1S/C16H26N2O2S/c1-3-12-13(19)17-16(8-4-5-9-16)14(20)18(12)11-15(2)7-6-10-21-15/h12H,3-11H2,1-2H3,(H,17,19). The van der Waals surface area contributed by atoms with Gasteiger partial charge >= 0.3 is 0 Å². The summed E-state index contributed by atoms with van der Waals surface area (Å²) in [6, 6.07) is -0.276. The summed E-state index contributed by atoms with van der Waals surface area (Å²) in [5.41, 5.74) is -0.581. The second kappa shape index (κ2) is 5.49. The highest BCUT2D eigenvalue weighted by atomic mass is 32.2. The Morgan fingerprint density at radius 2 is 1.95 bits per heavy atom. The molecular weight excluding hydrogens is 284 g/mol. The summed E-state index contributed by atoms with van der Waals surface area (Å²) in [5, 5.41) is 3.07. The molecule has 0 aromatic rings. The van der Waals surface area contributed by atoms with E-state index in [0.29, 0.717) is 6.42 Å². The van der Waals surface area contributed by atoms with Crippen LogP contribution in [0.15, 0.2) is 0 Å². The summed E-state index contributed by atoms with van der Waals surface area (Å²) < 4.78 is 0.125. The van der Waals surface area contributed by atoms with Crippen LogP contribution in [0.2, 0.25) is 0 Å². The van der Waals surface area contributed by atoms with Gasteiger partial charge in [0.25, 0.3) is 0 Å². The number of nitrogens with one attached hydrogen (secondary N) is 1. The van der Waals surface area contributed by atoms with Crippen molar-refractivity contribution in [2.75, 3.05) is 12.3 Å². The molecule has 21 heavy (non-hydrogen) atoms. The minimum Gasteiger partial charge on any atom is -0.340 e. The molecule has 1 N–H and O–H groups in total. The van der Waals surface area contributed by atoms with Gasteiger partial charge in [0.2, 0.25) is 11.8 Å². The molecule has 1 spiro atoms. The van der Waals surface area contributed by atoms with Gasteiger partial charge in [-0.15, -0.1) is 0 Å². The monoisotopic (exact) mass is 310 g/mol. The molecule has 118 valence electrons. The van der Waals surface area contributed by atoms with E-state index in [0.717, 1.165) is 38.6 Å². The van der Waals surface area contributed by atoms with E-state index in [1.54, 1.807) is 0 Å². The Balaban J connectivity index is 1.86. The molecule has 3 rings (SSSR count). The highest BCUT2D eigenvalue weighted by molar-refractivity contribution is 8.00. The maximum atomic E-state index is 13.1. The van der Waals surface area contributed by atoms with Gasteiger partial charge in [-0.2, -0.15) is 11.8 Å². The number of amides is 2. The SMILES string of the molecule is CCC1C(=O)NC2(CCCC2)C(=O)N1CC1(C)CCCS1. The number of thioether (sulfide) groups is 1. The number of piperazine rings is 1. The van der Waals surface area contributed by atoms with E-state index >= 15 is 0 Å². The van der Waals surface area contributed by atoms with Crippen molar-refractivity contribution < 1.29 is 9.59 Å². The maximum absolute atomic E-state index is 13.1. The van der Waals surface area contributed by atoms with Gasteiger partial charge in [-0.05, 0) is 44.8 Å². The van der Waals surface area contributed by atoms with Crippen LogP contribution < -0.4 is 5.32 Å². The summed E-state index contributed by atoms with van der Waals surface area (Å²) >= 11 is 1.96. The molecule has 2 amide bonds. The average molecular weight is 310 g/mol. The van der Waals surface area contributed by atoms with Crippen LogP contribution in [0.5, 0.6) is 0 Å².